The third kappa shape index (κ3) is 3.59. The van der Waals surface area contributed by atoms with Gasteiger partial charge in [-0.2, -0.15) is 0 Å². The van der Waals surface area contributed by atoms with Gasteiger partial charge in [0.2, 0.25) is 5.91 Å². The van der Waals surface area contributed by atoms with Gasteiger partial charge in [-0.25, -0.2) is 15.0 Å². The second-order valence-corrected chi connectivity index (χ2v) is 6.74. The summed E-state index contributed by atoms with van der Waals surface area (Å²) in [5.74, 6) is 0.228. The molecule has 1 N–H and O–H groups in total. The molecule has 3 rings (SSSR count). The Bertz CT molecular complexity index is 643. The topological polar surface area (TPSA) is 67.8 Å². The fourth-order valence-electron chi connectivity index (χ4n) is 2.39. The van der Waals surface area contributed by atoms with Crippen molar-refractivity contribution < 1.29 is 4.79 Å². The van der Waals surface area contributed by atoms with Gasteiger partial charge in [0.15, 0.2) is 10.3 Å². The molecule has 1 aliphatic rings. The number of fused-ring (bicyclic) bond motifs is 1. The van der Waals surface area contributed by atoms with E-state index >= 15 is 0 Å². The number of carbonyl (C=O) groups excluding carboxylic acids is 1. The Morgan fingerprint density at radius 2 is 2.24 bits per heavy atom. The highest BCUT2D eigenvalue weighted by Gasteiger charge is 2.16. The minimum atomic E-state index is -0.0751. The van der Waals surface area contributed by atoms with Crippen molar-refractivity contribution in [3.63, 3.8) is 0 Å². The molecular weight excluding hydrogens is 304 g/mol. The number of hydrogen-bond acceptors (Lipinski definition) is 6. The Morgan fingerprint density at radius 3 is 3.05 bits per heavy atom. The molecule has 0 atom stereocenters. The van der Waals surface area contributed by atoms with Crippen molar-refractivity contribution in [2.24, 2.45) is 0 Å². The van der Waals surface area contributed by atoms with Crippen LogP contribution < -0.4 is 5.32 Å². The molecule has 5 nitrogen and oxygen atoms in total. The Hall–Kier alpha value is -1.47. The second-order valence-electron chi connectivity index (χ2n) is 4.90. The lowest BCUT2D eigenvalue weighted by molar-refractivity contribution is -0.113. The summed E-state index contributed by atoms with van der Waals surface area (Å²) in [6.45, 7) is 2.03. The van der Waals surface area contributed by atoms with Crippen LogP contribution in [0.2, 0.25) is 0 Å². The summed E-state index contributed by atoms with van der Waals surface area (Å²) in [6.07, 6.45) is 6.19. The number of thiazole rings is 1. The molecular formula is C14H16N4OS2. The number of carbonyl (C=O) groups is 1. The van der Waals surface area contributed by atoms with E-state index in [1.54, 1.807) is 6.20 Å². The molecule has 0 spiro atoms. The van der Waals surface area contributed by atoms with Crippen molar-refractivity contribution in [1.29, 1.82) is 0 Å². The van der Waals surface area contributed by atoms with E-state index in [1.165, 1.54) is 41.5 Å². The number of aryl methyl sites for hydroxylation is 2. The van der Waals surface area contributed by atoms with Crippen molar-refractivity contribution in [2.45, 2.75) is 37.8 Å². The van der Waals surface area contributed by atoms with E-state index in [0.29, 0.717) is 16.0 Å². The smallest absolute Gasteiger partial charge is 0.236 e. The van der Waals surface area contributed by atoms with Crippen LogP contribution in [0.25, 0.3) is 0 Å². The number of nitrogens with one attached hydrogen (secondary N) is 1. The molecule has 2 heterocycles. The zero-order valence-corrected chi connectivity index (χ0v) is 13.4. The van der Waals surface area contributed by atoms with Crippen LogP contribution >= 0.6 is 23.1 Å². The molecule has 0 aromatic carbocycles. The number of hydrogen-bond donors (Lipinski definition) is 1. The van der Waals surface area contributed by atoms with Gasteiger partial charge in [0.1, 0.15) is 0 Å². The molecule has 1 aliphatic carbocycles. The van der Waals surface area contributed by atoms with Gasteiger partial charge in [-0.1, -0.05) is 11.8 Å². The Kier molecular flexibility index (Phi) is 4.50. The molecule has 1 amide bonds. The summed E-state index contributed by atoms with van der Waals surface area (Å²) in [7, 11) is 0. The SMILES string of the molecule is Cc1nc(SCC(=O)Nc2nccs2)nc2c1CCCC2. The minimum Gasteiger partial charge on any atom is -0.301 e. The van der Waals surface area contributed by atoms with Crippen molar-refractivity contribution in [3.8, 4) is 0 Å². The number of amides is 1. The summed E-state index contributed by atoms with van der Waals surface area (Å²) in [4.78, 5) is 25.0. The van der Waals surface area contributed by atoms with Gasteiger partial charge in [0.05, 0.1) is 5.75 Å². The van der Waals surface area contributed by atoms with E-state index in [0.717, 1.165) is 24.2 Å². The van der Waals surface area contributed by atoms with E-state index in [-0.39, 0.29) is 5.91 Å². The first-order valence-corrected chi connectivity index (χ1v) is 8.77. The predicted molar refractivity (Wildman–Crippen MR) is 84.9 cm³/mol. The molecule has 0 fully saturated rings. The lowest BCUT2D eigenvalue weighted by Gasteiger charge is -2.17. The lowest BCUT2D eigenvalue weighted by atomic mass is 9.95. The first-order chi connectivity index (χ1) is 10.2. The van der Waals surface area contributed by atoms with Gasteiger partial charge in [0, 0.05) is 23.0 Å². The van der Waals surface area contributed by atoms with Crippen molar-refractivity contribution in [2.75, 3.05) is 11.1 Å². The molecule has 2 aromatic heterocycles. The van der Waals surface area contributed by atoms with Crippen LogP contribution in [0.3, 0.4) is 0 Å². The summed E-state index contributed by atoms with van der Waals surface area (Å²) in [6, 6.07) is 0. The maximum absolute atomic E-state index is 11.8. The van der Waals surface area contributed by atoms with Crippen molar-refractivity contribution in [3.05, 3.63) is 28.5 Å². The molecule has 7 heteroatoms. The third-order valence-electron chi connectivity index (χ3n) is 3.38. The highest BCUT2D eigenvalue weighted by atomic mass is 32.2. The van der Waals surface area contributed by atoms with E-state index < -0.39 is 0 Å². The maximum Gasteiger partial charge on any atom is 0.236 e. The normalized spacial score (nSPS) is 13.8. The first kappa shape index (κ1) is 14.5. The van der Waals surface area contributed by atoms with E-state index in [2.05, 4.69) is 20.3 Å². The number of rotatable bonds is 4. The van der Waals surface area contributed by atoms with Gasteiger partial charge in [0.25, 0.3) is 0 Å². The first-order valence-electron chi connectivity index (χ1n) is 6.91. The molecule has 0 saturated heterocycles. The second kappa shape index (κ2) is 6.53. The van der Waals surface area contributed by atoms with Crippen LogP contribution in [0.4, 0.5) is 5.13 Å². The van der Waals surface area contributed by atoms with Gasteiger partial charge in [-0.3, -0.25) is 4.79 Å². The largest absolute Gasteiger partial charge is 0.301 e. The summed E-state index contributed by atoms with van der Waals surface area (Å²) >= 11 is 2.79. The van der Waals surface area contributed by atoms with Crippen LogP contribution in [-0.4, -0.2) is 26.6 Å². The number of thioether (sulfide) groups is 1. The molecule has 0 unspecified atom stereocenters. The maximum atomic E-state index is 11.8. The fraction of sp³-hybridized carbons (Fsp3) is 0.429. The third-order valence-corrected chi connectivity index (χ3v) is 4.92. The predicted octanol–water partition coefficient (Wildman–Crippen LogP) is 2.85. The van der Waals surface area contributed by atoms with Crippen LogP contribution in [0.15, 0.2) is 16.7 Å². The van der Waals surface area contributed by atoms with Crippen molar-refractivity contribution >= 4 is 34.1 Å². The van der Waals surface area contributed by atoms with Crippen molar-refractivity contribution in [1.82, 2.24) is 15.0 Å². The molecule has 0 saturated carbocycles. The zero-order valence-electron chi connectivity index (χ0n) is 11.8. The van der Waals surface area contributed by atoms with Gasteiger partial charge in [-0.15, -0.1) is 11.3 Å². The fourth-order valence-corrected chi connectivity index (χ4v) is 3.64. The molecule has 0 aliphatic heterocycles. The summed E-state index contributed by atoms with van der Waals surface area (Å²) < 4.78 is 0. The highest BCUT2D eigenvalue weighted by molar-refractivity contribution is 7.99. The monoisotopic (exact) mass is 320 g/mol. The van der Waals surface area contributed by atoms with Crippen LogP contribution in [0.1, 0.15) is 29.8 Å². The average molecular weight is 320 g/mol. The zero-order chi connectivity index (χ0) is 14.7. The minimum absolute atomic E-state index is 0.0751. The molecule has 21 heavy (non-hydrogen) atoms. The van der Waals surface area contributed by atoms with Crippen LogP contribution in [0, 0.1) is 6.92 Å². The molecule has 110 valence electrons. The quantitative estimate of drug-likeness (QED) is 0.693. The van der Waals surface area contributed by atoms with Gasteiger partial charge in [-0.05, 0) is 38.2 Å². The Labute approximate surface area is 131 Å². The molecule has 0 radical (unpaired) electrons. The highest BCUT2D eigenvalue weighted by Crippen LogP contribution is 2.24. The standard InChI is InChI=1S/C14H16N4OS2/c1-9-10-4-2-3-5-11(10)17-14(16-9)21-8-12(19)18-13-15-6-7-20-13/h6-7H,2-5,8H2,1H3,(H,15,18,19). The average Bonchev–Trinajstić information content (AvgIpc) is 2.98. The number of aromatic nitrogens is 3. The van der Waals surface area contributed by atoms with E-state index in [1.807, 2.05) is 12.3 Å². The van der Waals surface area contributed by atoms with Gasteiger partial charge >= 0.3 is 0 Å². The molecule has 2 aromatic rings. The number of nitrogens with zero attached hydrogens (tertiary/aromatic N) is 3. The summed E-state index contributed by atoms with van der Waals surface area (Å²) in [5, 5.41) is 5.92. The number of anilines is 1. The van der Waals surface area contributed by atoms with E-state index in [4.69, 9.17) is 0 Å². The Balaban J connectivity index is 1.62. The molecule has 0 bridgehead atoms. The van der Waals surface area contributed by atoms with E-state index in [9.17, 15) is 4.79 Å². The lowest BCUT2D eigenvalue weighted by Crippen LogP contribution is -2.15. The summed E-state index contributed by atoms with van der Waals surface area (Å²) in [5.41, 5.74) is 3.52. The van der Waals surface area contributed by atoms with Crippen LogP contribution in [-0.2, 0) is 17.6 Å². The Morgan fingerprint density at radius 1 is 1.38 bits per heavy atom. The van der Waals surface area contributed by atoms with Gasteiger partial charge < -0.3 is 5.32 Å². The van der Waals surface area contributed by atoms with Crippen LogP contribution in [0.5, 0.6) is 0 Å².